The van der Waals surface area contributed by atoms with Gasteiger partial charge < -0.3 is 10.0 Å². The summed E-state index contributed by atoms with van der Waals surface area (Å²) in [6.45, 7) is 1.02. The molecule has 1 aliphatic heterocycles. The zero-order chi connectivity index (χ0) is 12.5. The van der Waals surface area contributed by atoms with E-state index in [0.29, 0.717) is 11.8 Å². The van der Waals surface area contributed by atoms with Gasteiger partial charge in [-0.25, -0.2) is 0 Å². The fourth-order valence-electron chi connectivity index (χ4n) is 4.42. The van der Waals surface area contributed by atoms with Crippen LogP contribution in [0.2, 0.25) is 0 Å². The van der Waals surface area contributed by atoms with Gasteiger partial charge in [-0.05, 0) is 43.9 Å². The first-order valence-corrected chi connectivity index (χ1v) is 7.71. The Kier molecular flexibility index (Phi) is 3.60. The minimum absolute atomic E-state index is 0.0964. The Morgan fingerprint density at radius 3 is 2.67 bits per heavy atom. The van der Waals surface area contributed by atoms with Crippen LogP contribution in [0.3, 0.4) is 0 Å². The molecule has 0 aromatic carbocycles. The number of rotatable bonds is 2. The fourth-order valence-corrected chi connectivity index (χ4v) is 4.42. The molecule has 2 aliphatic carbocycles. The molecule has 0 spiro atoms. The number of carbonyl (C=O) groups is 1. The smallest absolute Gasteiger partial charge is 0.226 e. The highest BCUT2D eigenvalue weighted by Gasteiger charge is 2.45. The Labute approximate surface area is 110 Å². The van der Waals surface area contributed by atoms with E-state index < -0.39 is 0 Å². The van der Waals surface area contributed by atoms with Crippen LogP contribution >= 0.6 is 0 Å². The Morgan fingerprint density at radius 2 is 2.00 bits per heavy atom. The number of likely N-dealkylation sites (tertiary alicyclic amines) is 1. The van der Waals surface area contributed by atoms with E-state index in [0.717, 1.165) is 38.1 Å². The zero-order valence-electron chi connectivity index (χ0n) is 11.2. The maximum atomic E-state index is 12.7. The van der Waals surface area contributed by atoms with Gasteiger partial charge in [-0.3, -0.25) is 4.79 Å². The first kappa shape index (κ1) is 12.5. The number of hydrogen-bond acceptors (Lipinski definition) is 2. The number of fused-ring (bicyclic) bond motifs is 2. The lowest BCUT2D eigenvalue weighted by atomic mass is 9.87. The quantitative estimate of drug-likeness (QED) is 0.817. The van der Waals surface area contributed by atoms with Crippen LogP contribution in [0.5, 0.6) is 0 Å². The fraction of sp³-hybridized carbons (Fsp3) is 0.933. The monoisotopic (exact) mass is 251 g/mol. The van der Waals surface area contributed by atoms with Crippen molar-refractivity contribution in [2.45, 2.75) is 57.4 Å². The summed E-state index contributed by atoms with van der Waals surface area (Å²) >= 11 is 0. The molecule has 3 fully saturated rings. The van der Waals surface area contributed by atoms with Gasteiger partial charge in [-0.15, -0.1) is 0 Å². The Morgan fingerprint density at radius 1 is 1.11 bits per heavy atom. The number of aliphatic hydroxyl groups is 1. The van der Waals surface area contributed by atoms with Gasteiger partial charge in [0.05, 0.1) is 12.6 Å². The van der Waals surface area contributed by atoms with Crippen LogP contribution in [0.1, 0.15) is 51.4 Å². The molecule has 2 saturated carbocycles. The maximum absolute atomic E-state index is 12.7. The molecular formula is C15H25NO2. The standard InChI is InChI=1S/C15H25NO2/c17-10-13-4-2-1-3-7-16(13)15(18)14-9-11-5-6-12(14)8-11/h11-14,17H,1-10H2. The number of carbonyl (C=O) groups excluding carboxylic acids is 1. The Balaban J connectivity index is 1.69. The van der Waals surface area contributed by atoms with Crippen LogP contribution in [-0.2, 0) is 4.79 Å². The predicted molar refractivity (Wildman–Crippen MR) is 70.0 cm³/mol. The van der Waals surface area contributed by atoms with E-state index in [1.807, 2.05) is 4.90 Å². The van der Waals surface area contributed by atoms with Crippen LogP contribution in [0.4, 0.5) is 0 Å². The summed E-state index contributed by atoms with van der Waals surface area (Å²) in [6.07, 6.45) is 9.48. The molecule has 102 valence electrons. The summed E-state index contributed by atoms with van der Waals surface area (Å²) in [5.41, 5.74) is 0. The molecule has 3 aliphatic rings. The van der Waals surface area contributed by atoms with Gasteiger partial charge in [0.15, 0.2) is 0 Å². The molecule has 2 bridgehead atoms. The van der Waals surface area contributed by atoms with Crippen molar-refractivity contribution < 1.29 is 9.90 Å². The molecule has 18 heavy (non-hydrogen) atoms. The molecule has 4 unspecified atom stereocenters. The van der Waals surface area contributed by atoms with Gasteiger partial charge >= 0.3 is 0 Å². The summed E-state index contributed by atoms with van der Waals surface area (Å²) in [4.78, 5) is 14.8. The first-order valence-electron chi connectivity index (χ1n) is 7.71. The van der Waals surface area contributed by atoms with E-state index in [-0.39, 0.29) is 18.6 Å². The third-order valence-corrected chi connectivity index (χ3v) is 5.43. The van der Waals surface area contributed by atoms with Crippen molar-refractivity contribution in [3.05, 3.63) is 0 Å². The highest BCUT2D eigenvalue weighted by Crippen LogP contribution is 2.49. The molecule has 1 N–H and O–H groups in total. The molecule has 3 heteroatoms. The van der Waals surface area contributed by atoms with Gasteiger partial charge in [0, 0.05) is 12.5 Å². The maximum Gasteiger partial charge on any atom is 0.226 e. The number of hydrogen-bond donors (Lipinski definition) is 1. The Bertz CT molecular complexity index is 318. The molecule has 0 aromatic rings. The minimum atomic E-state index is 0.0964. The normalized spacial score (nSPS) is 39.9. The SMILES string of the molecule is O=C(C1CC2CCC1C2)N1CCCCCC1CO. The van der Waals surface area contributed by atoms with Crippen LogP contribution in [0, 0.1) is 17.8 Å². The second-order valence-corrected chi connectivity index (χ2v) is 6.50. The molecule has 0 aromatic heterocycles. The van der Waals surface area contributed by atoms with Gasteiger partial charge in [-0.1, -0.05) is 19.3 Å². The van der Waals surface area contributed by atoms with Crippen LogP contribution in [0.25, 0.3) is 0 Å². The summed E-state index contributed by atoms with van der Waals surface area (Å²) < 4.78 is 0. The predicted octanol–water partition coefficient (Wildman–Crippen LogP) is 2.19. The highest BCUT2D eigenvalue weighted by molar-refractivity contribution is 5.80. The lowest BCUT2D eigenvalue weighted by Crippen LogP contribution is -2.46. The van der Waals surface area contributed by atoms with E-state index in [1.165, 1.54) is 25.7 Å². The molecule has 3 nitrogen and oxygen atoms in total. The molecular weight excluding hydrogens is 226 g/mol. The first-order chi connectivity index (χ1) is 8.79. The van der Waals surface area contributed by atoms with E-state index in [1.54, 1.807) is 0 Å². The van der Waals surface area contributed by atoms with Crippen molar-refractivity contribution in [2.75, 3.05) is 13.2 Å². The zero-order valence-corrected chi connectivity index (χ0v) is 11.2. The summed E-state index contributed by atoms with van der Waals surface area (Å²) in [6, 6.07) is 0.0964. The molecule has 4 atom stereocenters. The van der Waals surface area contributed by atoms with Crippen LogP contribution < -0.4 is 0 Å². The average Bonchev–Trinajstić information content (AvgIpc) is 2.93. The van der Waals surface area contributed by atoms with Gasteiger partial charge in [0.25, 0.3) is 0 Å². The van der Waals surface area contributed by atoms with Crippen molar-refractivity contribution in [3.8, 4) is 0 Å². The highest BCUT2D eigenvalue weighted by atomic mass is 16.3. The van der Waals surface area contributed by atoms with E-state index >= 15 is 0 Å². The second kappa shape index (κ2) is 5.20. The average molecular weight is 251 g/mol. The minimum Gasteiger partial charge on any atom is -0.394 e. The molecule has 1 saturated heterocycles. The molecule has 1 heterocycles. The molecule has 0 radical (unpaired) electrons. The summed E-state index contributed by atoms with van der Waals surface area (Å²) in [7, 11) is 0. The van der Waals surface area contributed by atoms with E-state index in [4.69, 9.17) is 0 Å². The number of aliphatic hydroxyl groups excluding tert-OH is 1. The van der Waals surface area contributed by atoms with E-state index in [9.17, 15) is 9.90 Å². The summed E-state index contributed by atoms with van der Waals surface area (Å²) in [5.74, 6) is 2.13. The van der Waals surface area contributed by atoms with Gasteiger partial charge in [-0.2, -0.15) is 0 Å². The molecule has 3 rings (SSSR count). The third-order valence-electron chi connectivity index (χ3n) is 5.43. The molecule has 1 amide bonds. The van der Waals surface area contributed by atoms with E-state index in [2.05, 4.69) is 0 Å². The van der Waals surface area contributed by atoms with Crippen molar-refractivity contribution in [1.82, 2.24) is 4.90 Å². The van der Waals surface area contributed by atoms with Crippen LogP contribution in [0.15, 0.2) is 0 Å². The van der Waals surface area contributed by atoms with Crippen molar-refractivity contribution in [3.63, 3.8) is 0 Å². The number of amides is 1. The van der Waals surface area contributed by atoms with Crippen molar-refractivity contribution >= 4 is 5.91 Å². The lowest BCUT2D eigenvalue weighted by molar-refractivity contribution is -0.140. The van der Waals surface area contributed by atoms with Crippen molar-refractivity contribution in [1.29, 1.82) is 0 Å². The lowest BCUT2D eigenvalue weighted by Gasteiger charge is -2.33. The number of nitrogens with zero attached hydrogens (tertiary/aromatic N) is 1. The third kappa shape index (κ3) is 2.18. The Hall–Kier alpha value is -0.570. The second-order valence-electron chi connectivity index (χ2n) is 6.50. The van der Waals surface area contributed by atoms with Gasteiger partial charge in [0.2, 0.25) is 5.91 Å². The van der Waals surface area contributed by atoms with Crippen LogP contribution in [-0.4, -0.2) is 35.1 Å². The summed E-state index contributed by atoms with van der Waals surface area (Å²) in [5, 5.41) is 9.52. The topological polar surface area (TPSA) is 40.5 Å². The van der Waals surface area contributed by atoms with Gasteiger partial charge in [0.1, 0.15) is 0 Å². The van der Waals surface area contributed by atoms with Crippen molar-refractivity contribution in [2.24, 2.45) is 17.8 Å². The largest absolute Gasteiger partial charge is 0.394 e.